The Morgan fingerprint density at radius 1 is 1.47 bits per heavy atom. The van der Waals surface area contributed by atoms with Crippen molar-refractivity contribution in [2.24, 2.45) is 5.73 Å². The highest BCUT2D eigenvalue weighted by molar-refractivity contribution is 6.32. The molecule has 0 aliphatic carbocycles. The summed E-state index contributed by atoms with van der Waals surface area (Å²) < 4.78 is 5.37. The van der Waals surface area contributed by atoms with Gasteiger partial charge in [-0.3, -0.25) is 0 Å². The van der Waals surface area contributed by atoms with Gasteiger partial charge in [0.15, 0.2) is 0 Å². The highest BCUT2D eigenvalue weighted by atomic mass is 35.5. The molecule has 0 aromatic heterocycles. The van der Waals surface area contributed by atoms with Crippen molar-refractivity contribution in [3.05, 3.63) is 27.8 Å². The number of methoxy groups -OCH3 is 1. The van der Waals surface area contributed by atoms with Gasteiger partial charge < -0.3 is 10.5 Å². The van der Waals surface area contributed by atoms with E-state index >= 15 is 0 Å². The largest absolute Gasteiger partial charge is 0.496 e. The Kier molecular flexibility index (Phi) is 4.00. The van der Waals surface area contributed by atoms with Gasteiger partial charge >= 0.3 is 0 Å². The lowest BCUT2D eigenvalue weighted by Crippen LogP contribution is -2.18. The minimum atomic E-state index is 0.124. The lowest BCUT2D eigenvalue weighted by molar-refractivity contribution is 0.405. The average molecular weight is 228 g/mol. The molecule has 2 nitrogen and oxygen atoms in total. The Bertz CT molecular complexity index is 361. The van der Waals surface area contributed by atoms with E-state index in [-0.39, 0.29) is 6.04 Å². The van der Waals surface area contributed by atoms with Crippen molar-refractivity contribution in [1.82, 2.24) is 0 Å². The monoisotopic (exact) mass is 227 g/mol. The van der Waals surface area contributed by atoms with E-state index in [0.717, 1.165) is 33.9 Å². The van der Waals surface area contributed by atoms with E-state index < -0.39 is 0 Å². The van der Waals surface area contributed by atoms with Crippen molar-refractivity contribution in [1.29, 1.82) is 0 Å². The van der Waals surface area contributed by atoms with Crippen LogP contribution in [0.25, 0.3) is 0 Å². The molecule has 1 aromatic carbocycles. The van der Waals surface area contributed by atoms with Crippen LogP contribution >= 0.6 is 11.6 Å². The topological polar surface area (TPSA) is 35.2 Å². The first-order valence-corrected chi connectivity index (χ1v) is 5.43. The zero-order chi connectivity index (χ0) is 11.6. The fraction of sp³-hybridized carbons (Fsp3) is 0.500. The first-order chi connectivity index (χ1) is 6.97. The van der Waals surface area contributed by atoms with Gasteiger partial charge in [0, 0.05) is 11.6 Å². The summed E-state index contributed by atoms with van der Waals surface area (Å²) in [6.07, 6.45) is 0.808. The molecule has 0 bridgehead atoms. The minimum absolute atomic E-state index is 0.124. The Morgan fingerprint density at radius 2 is 2.07 bits per heavy atom. The van der Waals surface area contributed by atoms with Crippen molar-refractivity contribution < 1.29 is 4.74 Å². The minimum Gasteiger partial charge on any atom is -0.496 e. The Balaban J connectivity index is 3.25. The quantitative estimate of drug-likeness (QED) is 0.862. The van der Waals surface area contributed by atoms with Gasteiger partial charge in [-0.1, -0.05) is 17.7 Å². The van der Waals surface area contributed by atoms with Crippen LogP contribution in [0.4, 0.5) is 0 Å². The number of halogens is 1. The van der Waals surface area contributed by atoms with Crippen LogP contribution in [-0.4, -0.2) is 13.2 Å². The summed E-state index contributed by atoms with van der Waals surface area (Å²) in [6.45, 7) is 5.96. The Labute approximate surface area is 96.4 Å². The van der Waals surface area contributed by atoms with E-state index in [9.17, 15) is 0 Å². The third kappa shape index (κ3) is 2.64. The predicted octanol–water partition coefficient (Wildman–Crippen LogP) is 2.86. The highest BCUT2D eigenvalue weighted by Gasteiger charge is 2.13. The number of hydrogen-bond acceptors (Lipinski definition) is 2. The lowest BCUT2D eigenvalue weighted by atomic mass is 10.0. The first-order valence-electron chi connectivity index (χ1n) is 5.05. The summed E-state index contributed by atoms with van der Waals surface area (Å²) in [4.78, 5) is 0. The van der Waals surface area contributed by atoms with Gasteiger partial charge in [0.2, 0.25) is 0 Å². The van der Waals surface area contributed by atoms with Gasteiger partial charge in [0.05, 0.1) is 12.1 Å². The zero-order valence-corrected chi connectivity index (χ0v) is 10.5. The summed E-state index contributed by atoms with van der Waals surface area (Å²) in [5.41, 5.74) is 9.00. The van der Waals surface area contributed by atoms with E-state index in [4.69, 9.17) is 22.1 Å². The molecular formula is C12H18ClNO. The van der Waals surface area contributed by atoms with E-state index in [1.165, 1.54) is 0 Å². The van der Waals surface area contributed by atoms with Crippen LogP contribution in [0.5, 0.6) is 5.75 Å². The SMILES string of the molecule is COc1c(CC(C)N)cc(C)c(Cl)c1C. The van der Waals surface area contributed by atoms with Crippen LogP contribution in [0.2, 0.25) is 5.02 Å². The fourth-order valence-electron chi connectivity index (χ4n) is 1.81. The van der Waals surface area contributed by atoms with Crippen molar-refractivity contribution in [2.45, 2.75) is 33.2 Å². The maximum Gasteiger partial charge on any atom is 0.126 e. The molecule has 1 aromatic rings. The number of hydrogen-bond donors (Lipinski definition) is 1. The molecule has 2 N–H and O–H groups in total. The fourth-order valence-corrected chi connectivity index (χ4v) is 1.95. The molecule has 15 heavy (non-hydrogen) atoms. The van der Waals surface area contributed by atoms with Gasteiger partial charge in [-0.25, -0.2) is 0 Å². The smallest absolute Gasteiger partial charge is 0.126 e. The standard InChI is InChI=1S/C12H18ClNO/c1-7-5-10(6-8(2)14)12(15-4)9(3)11(7)13/h5,8H,6,14H2,1-4H3. The Hall–Kier alpha value is -0.730. The number of rotatable bonds is 3. The Morgan fingerprint density at radius 3 is 2.53 bits per heavy atom. The molecule has 1 rings (SSSR count). The summed E-state index contributed by atoms with van der Waals surface area (Å²) in [6, 6.07) is 2.18. The van der Waals surface area contributed by atoms with Crippen molar-refractivity contribution in [3.63, 3.8) is 0 Å². The molecular weight excluding hydrogens is 210 g/mol. The second kappa shape index (κ2) is 4.86. The zero-order valence-electron chi connectivity index (χ0n) is 9.73. The molecule has 84 valence electrons. The van der Waals surface area contributed by atoms with E-state index in [2.05, 4.69) is 6.07 Å². The lowest BCUT2D eigenvalue weighted by Gasteiger charge is -2.16. The molecule has 1 atom stereocenters. The highest BCUT2D eigenvalue weighted by Crippen LogP contribution is 2.33. The summed E-state index contributed by atoms with van der Waals surface area (Å²) in [5, 5.41) is 0.778. The molecule has 0 saturated carbocycles. The van der Waals surface area contributed by atoms with Crippen molar-refractivity contribution in [2.75, 3.05) is 7.11 Å². The molecule has 0 spiro atoms. The second-order valence-electron chi connectivity index (χ2n) is 4.01. The average Bonchev–Trinajstić information content (AvgIpc) is 2.14. The van der Waals surface area contributed by atoms with Crippen molar-refractivity contribution >= 4 is 11.6 Å². The molecule has 0 radical (unpaired) electrons. The third-order valence-electron chi connectivity index (χ3n) is 2.44. The molecule has 3 heteroatoms. The van der Waals surface area contributed by atoms with E-state index in [1.807, 2.05) is 20.8 Å². The summed E-state index contributed by atoms with van der Waals surface area (Å²) in [5.74, 6) is 0.864. The van der Waals surface area contributed by atoms with E-state index in [1.54, 1.807) is 7.11 Å². The van der Waals surface area contributed by atoms with E-state index in [0.29, 0.717) is 0 Å². The normalized spacial score (nSPS) is 12.7. The van der Waals surface area contributed by atoms with Gasteiger partial charge in [0.1, 0.15) is 5.75 Å². The molecule has 0 aliphatic heterocycles. The summed E-state index contributed by atoms with van der Waals surface area (Å²) in [7, 11) is 1.67. The molecule has 0 saturated heterocycles. The summed E-state index contributed by atoms with van der Waals surface area (Å²) >= 11 is 6.16. The first kappa shape index (κ1) is 12.3. The van der Waals surface area contributed by atoms with Crippen molar-refractivity contribution in [3.8, 4) is 5.75 Å². The van der Waals surface area contributed by atoms with Gasteiger partial charge in [-0.15, -0.1) is 0 Å². The number of benzene rings is 1. The maximum absolute atomic E-state index is 6.16. The molecule has 0 amide bonds. The molecule has 0 fully saturated rings. The van der Waals surface area contributed by atoms with Crippen LogP contribution < -0.4 is 10.5 Å². The van der Waals surface area contributed by atoms with Gasteiger partial charge in [-0.2, -0.15) is 0 Å². The van der Waals surface area contributed by atoms with Crippen LogP contribution in [0.15, 0.2) is 6.07 Å². The van der Waals surface area contributed by atoms with Gasteiger partial charge in [-0.05, 0) is 38.3 Å². The number of aryl methyl sites for hydroxylation is 1. The number of nitrogens with two attached hydrogens (primary N) is 1. The number of ether oxygens (including phenoxy) is 1. The van der Waals surface area contributed by atoms with Crippen LogP contribution in [-0.2, 0) is 6.42 Å². The molecule has 0 heterocycles. The van der Waals surface area contributed by atoms with Crippen LogP contribution in [0.3, 0.4) is 0 Å². The van der Waals surface area contributed by atoms with Crippen LogP contribution in [0, 0.1) is 13.8 Å². The van der Waals surface area contributed by atoms with Gasteiger partial charge in [0.25, 0.3) is 0 Å². The predicted molar refractivity (Wildman–Crippen MR) is 64.8 cm³/mol. The molecule has 1 unspecified atom stereocenters. The molecule has 0 aliphatic rings. The third-order valence-corrected chi connectivity index (χ3v) is 3.03. The second-order valence-corrected chi connectivity index (χ2v) is 4.38. The van der Waals surface area contributed by atoms with Crippen LogP contribution in [0.1, 0.15) is 23.6 Å². The maximum atomic E-state index is 6.16.